The molecule has 2 N–H and O–H groups in total. The van der Waals surface area contributed by atoms with Gasteiger partial charge in [0.2, 0.25) is 0 Å². The average Bonchev–Trinajstić information content (AvgIpc) is 3.38. The number of aromatic nitrogens is 1. The quantitative estimate of drug-likeness (QED) is 0.335. The van der Waals surface area contributed by atoms with E-state index in [-0.39, 0.29) is 6.10 Å². The third kappa shape index (κ3) is 7.66. The van der Waals surface area contributed by atoms with Gasteiger partial charge in [0.25, 0.3) is 0 Å². The van der Waals surface area contributed by atoms with Gasteiger partial charge in [-0.25, -0.2) is 4.98 Å². The molecule has 1 aromatic heterocycles. The molecule has 0 bridgehead atoms. The van der Waals surface area contributed by atoms with Crippen molar-refractivity contribution in [2.24, 2.45) is 11.8 Å². The summed E-state index contributed by atoms with van der Waals surface area (Å²) in [6.45, 7) is 4.77. The molecule has 1 aromatic carbocycles. The van der Waals surface area contributed by atoms with Crippen LogP contribution < -0.4 is 10.6 Å². The van der Waals surface area contributed by atoms with Crippen molar-refractivity contribution < 1.29 is 4.74 Å². The van der Waals surface area contributed by atoms with E-state index in [0.29, 0.717) is 18.6 Å². The van der Waals surface area contributed by atoms with Crippen LogP contribution in [-0.4, -0.2) is 55.8 Å². The Balaban J connectivity index is 1.41. The molecule has 3 unspecified atom stereocenters. The molecule has 1 saturated carbocycles. The summed E-state index contributed by atoms with van der Waals surface area (Å²) < 4.78 is 6.57. The second-order valence-electron chi connectivity index (χ2n) is 9.96. The Labute approximate surface area is 214 Å². The summed E-state index contributed by atoms with van der Waals surface area (Å²) in [4.78, 5) is 7.07. The highest BCUT2D eigenvalue weighted by Gasteiger charge is 2.33. The lowest BCUT2D eigenvalue weighted by Crippen LogP contribution is -2.48. The lowest BCUT2D eigenvalue weighted by molar-refractivity contribution is -0.0212. The zero-order valence-corrected chi connectivity index (χ0v) is 22.1. The minimum atomic E-state index is 0.0597. The van der Waals surface area contributed by atoms with E-state index < -0.39 is 0 Å². The SMILES string of the molecule is CNCC(CC1CCCCC1)N1CCCC(C(OCCNc2nccs2)c2cccc(Cl)c2)C1. The summed E-state index contributed by atoms with van der Waals surface area (Å²) >= 11 is 8.01. The number of piperidine rings is 1. The van der Waals surface area contributed by atoms with Gasteiger partial charge in [-0.15, -0.1) is 11.3 Å². The van der Waals surface area contributed by atoms with Crippen LogP contribution in [0, 0.1) is 11.8 Å². The first kappa shape index (κ1) is 25.9. The van der Waals surface area contributed by atoms with Crippen LogP contribution in [0.15, 0.2) is 35.8 Å². The molecule has 1 saturated heterocycles. The summed E-state index contributed by atoms with van der Waals surface area (Å²) in [5, 5.41) is 10.6. The molecule has 1 aliphatic carbocycles. The van der Waals surface area contributed by atoms with Gasteiger partial charge in [-0.2, -0.15) is 0 Å². The van der Waals surface area contributed by atoms with Crippen LogP contribution in [0.25, 0.3) is 0 Å². The topological polar surface area (TPSA) is 49.4 Å². The van der Waals surface area contributed by atoms with E-state index in [1.54, 1.807) is 11.3 Å². The molecule has 2 fully saturated rings. The number of rotatable bonds is 12. The Hall–Kier alpha value is -1.18. The molecular weight excluding hydrogens is 464 g/mol. The molecule has 4 rings (SSSR count). The number of nitrogens with one attached hydrogen (secondary N) is 2. The molecule has 2 heterocycles. The summed E-state index contributed by atoms with van der Waals surface area (Å²) in [6.07, 6.45) is 12.7. The second-order valence-corrected chi connectivity index (χ2v) is 11.3. The fourth-order valence-corrected chi connectivity index (χ4v) is 6.62. The lowest BCUT2D eigenvalue weighted by Gasteiger charge is -2.42. The third-order valence-electron chi connectivity index (χ3n) is 7.49. The molecule has 0 amide bonds. The normalized spacial score (nSPS) is 21.9. The van der Waals surface area contributed by atoms with E-state index >= 15 is 0 Å². The van der Waals surface area contributed by atoms with Gasteiger partial charge in [0.1, 0.15) is 0 Å². The molecule has 1 aliphatic heterocycles. The average molecular weight is 505 g/mol. The predicted molar refractivity (Wildman–Crippen MR) is 144 cm³/mol. The van der Waals surface area contributed by atoms with Crippen molar-refractivity contribution in [3.63, 3.8) is 0 Å². The van der Waals surface area contributed by atoms with Gasteiger partial charge >= 0.3 is 0 Å². The molecule has 0 spiro atoms. The van der Waals surface area contributed by atoms with Crippen molar-refractivity contribution in [1.82, 2.24) is 15.2 Å². The van der Waals surface area contributed by atoms with Gasteiger partial charge in [-0.05, 0) is 56.5 Å². The second kappa shape index (κ2) is 13.8. The van der Waals surface area contributed by atoms with Gasteiger partial charge in [0.05, 0.1) is 12.7 Å². The van der Waals surface area contributed by atoms with Gasteiger partial charge < -0.3 is 15.4 Å². The van der Waals surface area contributed by atoms with Crippen LogP contribution in [-0.2, 0) is 4.74 Å². The van der Waals surface area contributed by atoms with E-state index in [1.807, 2.05) is 17.6 Å². The zero-order chi connectivity index (χ0) is 23.6. The maximum atomic E-state index is 6.57. The van der Waals surface area contributed by atoms with E-state index in [1.165, 1.54) is 63.5 Å². The minimum Gasteiger partial charge on any atom is -0.371 e. The first-order valence-electron chi connectivity index (χ1n) is 13.1. The van der Waals surface area contributed by atoms with E-state index in [2.05, 4.69) is 45.8 Å². The van der Waals surface area contributed by atoms with Crippen molar-refractivity contribution in [2.75, 3.05) is 45.2 Å². The van der Waals surface area contributed by atoms with Gasteiger partial charge in [0.15, 0.2) is 5.13 Å². The fourth-order valence-electron chi connectivity index (χ4n) is 5.87. The monoisotopic (exact) mass is 504 g/mol. The Kier molecular flexibility index (Phi) is 10.5. The van der Waals surface area contributed by atoms with Crippen LogP contribution in [0.2, 0.25) is 5.02 Å². The third-order valence-corrected chi connectivity index (χ3v) is 8.45. The molecule has 3 atom stereocenters. The van der Waals surface area contributed by atoms with Crippen molar-refractivity contribution in [1.29, 1.82) is 0 Å². The number of benzene rings is 1. The van der Waals surface area contributed by atoms with Crippen molar-refractivity contribution >= 4 is 28.1 Å². The number of hydrogen-bond acceptors (Lipinski definition) is 6. The summed E-state index contributed by atoms with van der Waals surface area (Å²) in [7, 11) is 2.10. The highest BCUT2D eigenvalue weighted by atomic mass is 35.5. The maximum absolute atomic E-state index is 6.57. The van der Waals surface area contributed by atoms with Crippen molar-refractivity contribution in [2.45, 2.75) is 63.5 Å². The Morgan fingerprint density at radius 3 is 2.85 bits per heavy atom. The zero-order valence-electron chi connectivity index (χ0n) is 20.6. The van der Waals surface area contributed by atoms with Gasteiger partial charge in [-0.1, -0.05) is 55.8 Å². The number of ether oxygens (including phenoxy) is 1. The first-order chi connectivity index (χ1) is 16.7. The number of hydrogen-bond donors (Lipinski definition) is 2. The van der Waals surface area contributed by atoms with Gasteiger partial charge in [0, 0.05) is 48.2 Å². The fraction of sp³-hybridized carbons (Fsp3) is 0.667. The smallest absolute Gasteiger partial charge is 0.182 e. The van der Waals surface area contributed by atoms with Crippen LogP contribution in [0.1, 0.15) is 63.0 Å². The molecule has 188 valence electrons. The van der Waals surface area contributed by atoms with Gasteiger partial charge in [-0.3, -0.25) is 4.90 Å². The number of anilines is 1. The highest BCUT2D eigenvalue weighted by molar-refractivity contribution is 7.13. The number of likely N-dealkylation sites (tertiary alicyclic amines) is 1. The standard InChI is InChI=1S/C27H41ClN4OS/c1-29-19-25(17-21-7-3-2-4-8-21)32-14-6-10-23(20-32)26(22-9-5-11-24(28)18-22)33-15-12-30-27-31-13-16-34-27/h5,9,11,13,16,18,21,23,25-26,29H,2-4,6-8,10,12,14-15,17,19-20H2,1H3,(H,30,31). The summed E-state index contributed by atoms with van der Waals surface area (Å²) in [6, 6.07) is 8.88. The summed E-state index contributed by atoms with van der Waals surface area (Å²) in [5.74, 6) is 1.36. The number of halogens is 1. The molecule has 5 nitrogen and oxygen atoms in total. The highest BCUT2D eigenvalue weighted by Crippen LogP contribution is 2.36. The van der Waals surface area contributed by atoms with E-state index in [0.717, 1.165) is 35.7 Å². The Bertz CT molecular complexity index is 830. The number of nitrogens with zero attached hydrogens (tertiary/aromatic N) is 2. The van der Waals surface area contributed by atoms with Crippen LogP contribution in [0.3, 0.4) is 0 Å². The Morgan fingerprint density at radius 2 is 2.09 bits per heavy atom. The molecular formula is C27H41ClN4OS. The van der Waals surface area contributed by atoms with Crippen LogP contribution >= 0.6 is 22.9 Å². The molecule has 34 heavy (non-hydrogen) atoms. The van der Waals surface area contributed by atoms with Crippen molar-refractivity contribution in [3.05, 3.63) is 46.4 Å². The van der Waals surface area contributed by atoms with E-state index in [9.17, 15) is 0 Å². The maximum Gasteiger partial charge on any atom is 0.182 e. The molecule has 0 radical (unpaired) electrons. The van der Waals surface area contributed by atoms with Crippen LogP contribution in [0.4, 0.5) is 5.13 Å². The number of likely N-dealkylation sites (N-methyl/N-ethyl adjacent to an activating group) is 1. The predicted octanol–water partition coefficient (Wildman–Crippen LogP) is 6.24. The lowest BCUT2D eigenvalue weighted by atomic mass is 9.83. The van der Waals surface area contributed by atoms with Crippen molar-refractivity contribution in [3.8, 4) is 0 Å². The molecule has 7 heteroatoms. The molecule has 2 aliphatic rings. The van der Waals surface area contributed by atoms with Crippen LogP contribution in [0.5, 0.6) is 0 Å². The molecule has 2 aromatic rings. The first-order valence-corrected chi connectivity index (χ1v) is 14.4. The summed E-state index contributed by atoms with van der Waals surface area (Å²) in [5.41, 5.74) is 1.20. The minimum absolute atomic E-state index is 0.0597. The number of thiazole rings is 1. The van der Waals surface area contributed by atoms with E-state index in [4.69, 9.17) is 16.3 Å². The Morgan fingerprint density at radius 1 is 1.21 bits per heavy atom. The largest absolute Gasteiger partial charge is 0.371 e.